The summed E-state index contributed by atoms with van der Waals surface area (Å²) in [7, 11) is -5.97. The summed E-state index contributed by atoms with van der Waals surface area (Å²) in [5.41, 5.74) is 0. The van der Waals surface area contributed by atoms with Crippen molar-refractivity contribution in [1.29, 1.82) is 0 Å². The molecule has 1 atom stereocenters. The third-order valence-electron chi connectivity index (χ3n) is 5.05. The Bertz CT molecular complexity index is 1040. The molecule has 0 N–H and O–H groups in total. The minimum Gasteiger partial charge on any atom is -0.743 e. The maximum absolute atomic E-state index is 12.1. The zero-order valence-corrected chi connectivity index (χ0v) is 20.0. The number of fused-ring (bicyclic) bond motifs is 1. The monoisotopic (exact) mass is 532 g/mol. The van der Waals surface area contributed by atoms with Gasteiger partial charge >= 0.3 is 11.4 Å². The minimum atomic E-state index is -6.43. The van der Waals surface area contributed by atoms with E-state index in [-0.39, 0.29) is 0 Å². The van der Waals surface area contributed by atoms with Gasteiger partial charge in [0.2, 0.25) is 0 Å². The van der Waals surface area contributed by atoms with Gasteiger partial charge in [0.25, 0.3) is 0 Å². The van der Waals surface area contributed by atoms with Crippen molar-refractivity contribution >= 4 is 31.8 Å². The van der Waals surface area contributed by atoms with Crippen LogP contribution in [0.4, 0.5) is 26.3 Å². The molecule has 1 aliphatic heterocycles. The van der Waals surface area contributed by atoms with Crippen LogP contribution < -0.4 is 4.74 Å². The van der Waals surface area contributed by atoms with Gasteiger partial charge in [0, 0.05) is 21.7 Å². The quantitative estimate of drug-likeness (QED) is 0.176. The van der Waals surface area contributed by atoms with E-state index in [4.69, 9.17) is 4.74 Å². The third-order valence-corrected chi connectivity index (χ3v) is 8.51. The maximum Gasteiger partial charge on any atom is 0.392 e. The SMILES string of the molecule is CCCCOc1ccc([S+]2CCCC2)c2ccccc12.O=S(=O)([O-])C(F)(F)C(F)CC(F)(F)F. The van der Waals surface area contributed by atoms with E-state index in [1.807, 2.05) is 0 Å². The van der Waals surface area contributed by atoms with Crippen LogP contribution in [0, 0.1) is 0 Å². The van der Waals surface area contributed by atoms with E-state index < -0.39 is 34.1 Å². The zero-order valence-electron chi connectivity index (χ0n) is 18.4. The van der Waals surface area contributed by atoms with Gasteiger partial charge in [-0.05, 0) is 37.5 Å². The molecule has 34 heavy (non-hydrogen) atoms. The molecule has 0 radical (unpaired) electrons. The van der Waals surface area contributed by atoms with E-state index in [0.29, 0.717) is 10.9 Å². The fourth-order valence-corrected chi connectivity index (χ4v) is 6.20. The second-order valence-electron chi connectivity index (χ2n) is 7.72. The molecule has 0 aromatic heterocycles. The highest BCUT2D eigenvalue weighted by Gasteiger charge is 2.51. The van der Waals surface area contributed by atoms with Gasteiger partial charge in [-0.25, -0.2) is 12.8 Å². The molecular weight excluding hydrogens is 506 g/mol. The van der Waals surface area contributed by atoms with Crippen LogP contribution in [0.3, 0.4) is 0 Å². The Morgan fingerprint density at radius 3 is 2.15 bits per heavy atom. The van der Waals surface area contributed by atoms with Crippen LogP contribution >= 0.6 is 0 Å². The molecule has 0 spiro atoms. The van der Waals surface area contributed by atoms with E-state index in [9.17, 15) is 39.3 Å². The summed E-state index contributed by atoms with van der Waals surface area (Å²) in [6.07, 6.45) is -7.00. The number of benzene rings is 2. The molecule has 1 fully saturated rings. The summed E-state index contributed by atoms with van der Waals surface area (Å²) in [5.74, 6) is 3.81. The van der Waals surface area contributed by atoms with Crippen LogP contribution in [0.5, 0.6) is 5.75 Å². The number of unbranched alkanes of at least 4 members (excludes halogenated alkanes) is 1. The summed E-state index contributed by atoms with van der Waals surface area (Å²) >= 11 is 0. The number of hydrogen-bond acceptors (Lipinski definition) is 4. The average Bonchev–Trinajstić information content (AvgIpc) is 3.27. The first kappa shape index (κ1) is 28.6. The van der Waals surface area contributed by atoms with Gasteiger partial charge in [0.1, 0.15) is 17.3 Å². The predicted molar refractivity (Wildman–Crippen MR) is 119 cm³/mol. The number of alkyl halides is 6. The lowest BCUT2D eigenvalue weighted by atomic mass is 10.1. The van der Waals surface area contributed by atoms with Crippen LogP contribution in [-0.4, -0.2) is 48.7 Å². The summed E-state index contributed by atoms with van der Waals surface area (Å²) < 4.78 is 105. The zero-order chi connectivity index (χ0) is 25.6. The van der Waals surface area contributed by atoms with Gasteiger partial charge in [-0.3, -0.25) is 0 Å². The fraction of sp³-hybridized carbons (Fsp3) is 0.545. The van der Waals surface area contributed by atoms with Crippen molar-refractivity contribution in [3.05, 3.63) is 36.4 Å². The molecule has 0 aliphatic carbocycles. The van der Waals surface area contributed by atoms with Crippen molar-refractivity contribution in [2.75, 3.05) is 18.1 Å². The fourth-order valence-electron chi connectivity index (χ4n) is 3.30. The molecule has 192 valence electrons. The Kier molecular flexibility index (Phi) is 9.96. The van der Waals surface area contributed by atoms with Crippen molar-refractivity contribution in [3.63, 3.8) is 0 Å². The first-order chi connectivity index (χ1) is 15.8. The average molecular weight is 533 g/mol. The Balaban J connectivity index is 0.000000259. The molecule has 2 aromatic rings. The van der Waals surface area contributed by atoms with Crippen LogP contribution in [0.15, 0.2) is 41.3 Å². The Morgan fingerprint density at radius 2 is 1.62 bits per heavy atom. The van der Waals surface area contributed by atoms with E-state index in [1.54, 1.807) is 4.90 Å². The molecule has 1 heterocycles. The Labute approximate surface area is 197 Å². The standard InChI is InChI=1S/C18H23OS.C4H4F6O3S/c1-2-3-12-19-17-10-11-18(20-13-6-7-14-20)16-9-5-4-8-15(16)17;5-2(1-3(6,7)8)4(9,10)14(11,12)13/h4-5,8-11H,2-3,6-7,12-14H2,1H3;2H,1H2,(H,11,12,13)/q+1;/p-1. The van der Waals surface area contributed by atoms with E-state index >= 15 is 0 Å². The number of rotatable bonds is 8. The first-order valence-corrected chi connectivity index (χ1v) is 13.6. The van der Waals surface area contributed by atoms with Gasteiger partial charge in [0.15, 0.2) is 21.2 Å². The second kappa shape index (κ2) is 11.9. The van der Waals surface area contributed by atoms with E-state index in [1.165, 1.54) is 41.5 Å². The first-order valence-electron chi connectivity index (χ1n) is 10.6. The normalized spacial score (nSPS) is 16.2. The molecule has 3 rings (SSSR count). The molecule has 0 saturated carbocycles. The van der Waals surface area contributed by atoms with Crippen molar-refractivity contribution in [3.8, 4) is 5.75 Å². The van der Waals surface area contributed by atoms with E-state index in [2.05, 4.69) is 43.3 Å². The number of hydrogen-bond donors (Lipinski definition) is 0. The Morgan fingerprint density at radius 1 is 1.03 bits per heavy atom. The maximum atomic E-state index is 12.1. The molecular formula is C22H26F6O4S2. The van der Waals surface area contributed by atoms with Gasteiger partial charge in [0.05, 0.1) is 13.0 Å². The third kappa shape index (κ3) is 7.67. The van der Waals surface area contributed by atoms with Crippen LogP contribution in [0.1, 0.15) is 39.0 Å². The van der Waals surface area contributed by atoms with E-state index in [0.717, 1.165) is 18.8 Å². The minimum absolute atomic E-state index is 0.464. The molecule has 1 saturated heterocycles. The van der Waals surface area contributed by atoms with Gasteiger partial charge in [-0.15, -0.1) is 0 Å². The van der Waals surface area contributed by atoms with Crippen LogP contribution in [0.2, 0.25) is 0 Å². The lowest BCUT2D eigenvalue weighted by Crippen LogP contribution is -2.41. The topological polar surface area (TPSA) is 66.4 Å². The van der Waals surface area contributed by atoms with Crippen molar-refractivity contribution in [1.82, 2.24) is 0 Å². The molecule has 0 amide bonds. The van der Waals surface area contributed by atoms with Crippen molar-refractivity contribution in [2.45, 2.75) is 61.5 Å². The summed E-state index contributed by atoms with van der Waals surface area (Å²) in [5, 5.41) is -2.87. The molecule has 0 bridgehead atoms. The molecule has 4 nitrogen and oxygen atoms in total. The largest absolute Gasteiger partial charge is 0.743 e. The molecule has 1 aliphatic rings. The highest BCUT2D eigenvalue weighted by Crippen LogP contribution is 2.36. The molecule has 12 heteroatoms. The van der Waals surface area contributed by atoms with Crippen LogP contribution in [-0.2, 0) is 21.0 Å². The van der Waals surface area contributed by atoms with Crippen molar-refractivity contribution < 1.29 is 44.0 Å². The number of halogens is 6. The molecule has 1 unspecified atom stereocenters. The van der Waals surface area contributed by atoms with Gasteiger partial charge in [-0.2, -0.15) is 22.0 Å². The van der Waals surface area contributed by atoms with Gasteiger partial charge < -0.3 is 9.29 Å². The second-order valence-corrected chi connectivity index (χ2v) is 11.4. The van der Waals surface area contributed by atoms with Gasteiger partial charge in [-0.1, -0.05) is 31.5 Å². The Hall–Kier alpha value is -1.66. The van der Waals surface area contributed by atoms with Crippen LogP contribution in [0.25, 0.3) is 10.8 Å². The summed E-state index contributed by atoms with van der Waals surface area (Å²) in [4.78, 5) is 1.56. The highest BCUT2D eigenvalue weighted by atomic mass is 32.2. The number of ether oxygens (including phenoxy) is 1. The predicted octanol–water partition coefficient (Wildman–Crippen LogP) is 6.20. The lowest BCUT2D eigenvalue weighted by Gasteiger charge is -2.23. The molecule has 2 aromatic carbocycles. The summed E-state index contributed by atoms with van der Waals surface area (Å²) in [6.45, 7) is 3.03. The smallest absolute Gasteiger partial charge is 0.392 e. The summed E-state index contributed by atoms with van der Waals surface area (Å²) in [6, 6.07) is 13.3. The lowest BCUT2D eigenvalue weighted by molar-refractivity contribution is -0.163. The highest BCUT2D eigenvalue weighted by molar-refractivity contribution is 7.97. The van der Waals surface area contributed by atoms with Crippen molar-refractivity contribution in [2.24, 2.45) is 0 Å².